The van der Waals surface area contributed by atoms with Gasteiger partial charge in [-0.1, -0.05) is 11.8 Å². The fourth-order valence-corrected chi connectivity index (χ4v) is 2.35. The Morgan fingerprint density at radius 2 is 2.20 bits per heavy atom. The maximum atomic E-state index is 10.8. The number of carbonyl (C=O) groups excluding carboxylic acids is 1. The molecular weight excluding hydrogens is 278 g/mol. The number of aliphatic hydroxyl groups is 2. The molecule has 1 rings (SSSR count). The van der Waals surface area contributed by atoms with Gasteiger partial charge in [-0.3, -0.25) is 4.79 Å². The smallest absolute Gasteiger partial charge is 0.185 e. The molecule has 0 aromatic heterocycles. The first-order chi connectivity index (χ1) is 9.49. The van der Waals surface area contributed by atoms with Gasteiger partial charge in [0.2, 0.25) is 0 Å². The summed E-state index contributed by atoms with van der Waals surface area (Å²) in [5, 5.41) is 29.1. The molecule has 0 saturated heterocycles. The van der Waals surface area contributed by atoms with Gasteiger partial charge in [-0.2, -0.15) is 5.26 Å². The van der Waals surface area contributed by atoms with E-state index in [9.17, 15) is 15.0 Å². The first-order valence-corrected chi connectivity index (χ1v) is 7.05. The second-order valence-electron chi connectivity index (χ2n) is 4.21. The van der Waals surface area contributed by atoms with E-state index in [1.807, 2.05) is 6.07 Å². The molecule has 1 aromatic rings. The summed E-state index contributed by atoms with van der Waals surface area (Å²) < 4.78 is 5.05. The molecule has 108 valence electrons. The Hall–Kier alpha value is -1.55. The lowest BCUT2D eigenvalue weighted by molar-refractivity contribution is -0.109. The third-order valence-electron chi connectivity index (χ3n) is 2.78. The van der Waals surface area contributed by atoms with Crippen molar-refractivity contribution in [3.05, 3.63) is 29.3 Å². The molecule has 2 N–H and O–H groups in total. The topological polar surface area (TPSA) is 90.6 Å². The number of methoxy groups -OCH3 is 1. The van der Waals surface area contributed by atoms with Gasteiger partial charge in [-0.05, 0) is 24.6 Å². The van der Waals surface area contributed by atoms with E-state index in [4.69, 9.17) is 10.00 Å². The second kappa shape index (κ2) is 7.90. The summed E-state index contributed by atoms with van der Waals surface area (Å²) >= 11 is 1.09. The number of rotatable bonds is 6. The maximum Gasteiger partial charge on any atom is 0.185 e. The maximum absolute atomic E-state index is 10.8. The van der Waals surface area contributed by atoms with E-state index >= 15 is 0 Å². The van der Waals surface area contributed by atoms with Gasteiger partial charge < -0.3 is 14.9 Å². The van der Waals surface area contributed by atoms with Crippen molar-refractivity contribution in [2.75, 3.05) is 12.9 Å². The van der Waals surface area contributed by atoms with Gasteiger partial charge >= 0.3 is 0 Å². The monoisotopic (exact) mass is 295 g/mol. The van der Waals surface area contributed by atoms with Crippen LogP contribution in [0.5, 0.6) is 5.75 Å². The molecule has 6 heteroatoms. The fourth-order valence-electron chi connectivity index (χ4n) is 1.70. The van der Waals surface area contributed by atoms with E-state index in [1.54, 1.807) is 6.07 Å². The van der Waals surface area contributed by atoms with Crippen molar-refractivity contribution < 1.29 is 19.7 Å². The van der Waals surface area contributed by atoms with Gasteiger partial charge in [0, 0.05) is 18.2 Å². The van der Waals surface area contributed by atoms with Crippen molar-refractivity contribution >= 4 is 16.9 Å². The molecule has 0 aliphatic carbocycles. The number of hydrogen-bond donors (Lipinski definition) is 2. The molecule has 2 atom stereocenters. The number of ether oxygens (including phenoxy) is 1. The molecule has 0 aliphatic heterocycles. The highest BCUT2D eigenvalue weighted by atomic mass is 32.2. The van der Waals surface area contributed by atoms with Crippen LogP contribution in [0.1, 0.15) is 30.6 Å². The Morgan fingerprint density at radius 1 is 1.50 bits per heavy atom. The van der Waals surface area contributed by atoms with Crippen molar-refractivity contribution in [3.63, 3.8) is 0 Å². The normalized spacial score (nSPS) is 13.3. The number of aliphatic hydroxyl groups excluding tert-OH is 2. The third kappa shape index (κ3) is 4.53. The van der Waals surface area contributed by atoms with Crippen LogP contribution in [-0.4, -0.2) is 34.3 Å². The number of benzene rings is 1. The highest BCUT2D eigenvalue weighted by Gasteiger charge is 2.22. The van der Waals surface area contributed by atoms with E-state index in [1.165, 1.54) is 26.2 Å². The first kappa shape index (κ1) is 16.5. The van der Waals surface area contributed by atoms with E-state index in [0.29, 0.717) is 17.1 Å². The Morgan fingerprint density at radius 3 is 2.75 bits per heavy atom. The average molecular weight is 295 g/mol. The lowest BCUT2D eigenvalue weighted by atomic mass is 9.97. The second-order valence-corrected chi connectivity index (χ2v) is 5.48. The highest BCUT2D eigenvalue weighted by Crippen LogP contribution is 2.27. The number of thioether (sulfide) groups is 1. The van der Waals surface area contributed by atoms with E-state index in [-0.39, 0.29) is 17.1 Å². The van der Waals surface area contributed by atoms with Crippen molar-refractivity contribution in [2.45, 2.75) is 25.6 Å². The van der Waals surface area contributed by atoms with Gasteiger partial charge in [0.05, 0.1) is 24.8 Å². The van der Waals surface area contributed by atoms with Crippen LogP contribution in [0, 0.1) is 11.3 Å². The molecule has 2 unspecified atom stereocenters. The SMILES string of the molecule is COc1ccc(C#N)c(C(O)C(O)CCSC(C)=O)c1. The van der Waals surface area contributed by atoms with Crippen molar-refractivity contribution in [2.24, 2.45) is 0 Å². The zero-order valence-corrected chi connectivity index (χ0v) is 12.2. The predicted octanol–water partition coefficient (Wildman–Crippen LogP) is 1.63. The summed E-state index contributed by atoms with van der Waals surface area (Å²) in [6, 6.07) is 6.66. The summed E-state index contributed by atoms with van der Waals surface area (Å²) in [6.07, 6.45) is -1.97. The number of nitrogens with zero attached hydrogens (tertiary/aromatic N) is 1. The van der Waals surface area contributed by atoms with Gasteiger partial charge in [0.15, 0.2) is 5.12 Å². The van der Waals surface area contributed by atoms with Crippen LogP contribution in [0.3, 0.4) is 0 Å². The van der Waals surface area contributed by atoms with Crippen LogP contribution in [0.15, 0.2) is 18.2 Å². The fraction of sp³-hybridized carbons (Fsp3) is 0.429. The summed E-state index contributed by atoms with van der Waals surface area (Å²) in [7, 11) is 1.48. The molecule has 1 aromatic carbocycles. The minimum Gasteiger partial charge on any atom is -0.497 e. The quantitative estimate of drug-likeness (QED) is 0.829. The Bertz CT molecular complexity index is 512. The summed E-state index contributed by atoms with van der Waals surface area (Å²) in [4.78, 5) is 10.8. The minimum absolute atomic E-state index is 0.0363. The van der Waals surface area contributed by atoms with Crippen LogP contribution in [0.25, 0.3) is 0 Å². The number of nitriles is 1. The lowest BCUT2D eigenvalue weighted by Gasteiger charge is -2.19. The summed E-state index contributed by atoms with van der Waals surface area (Å²) in [5.41, 5.74) is 0.615. The molecule has 0 heterocycles. The molecule has 0 amide bonds. The minimum atomic E-state index is -1.19. The van der Waals surface area contributed by atoms with Gasteiger partial charge in [0.25, 0.3) is 0 Å². The highest BCUT2D eigenvalue weighted by molar-refractivity contribution is 8.13. The van der Waals surface area contributed by atoms with Crippen LogP contribution in [-0.2, 0) is 4.79 Å². The summed E-state index contributed by atoms with van der Waals surface area (Å²) in [5.74, 6) is 0.919. The van der Waals surface area contributed by atoms with Gasteiger partial charge in [0.1, 0.15) is 11.9 Å². The van der Waals surface area contributed by atoms with E-state index < -0.39 is 12.2 Å². The molecule has 0 aliphatic rings. The van der Waals surface area contributed by atoms with Crippen molar-refractivity contribution in [1.82, 2.24) is 0 Å². The summed E-state index contributed by atoms with van der Waals surface area (Å²) in [6.45, 7) is 1.45. The van der Waals surface area contributed by atoms with Gasteiger partial charge in [-0.25, -0.2) is 0 Å². The van der Waals surface area contributed by atoms with Gasteiger partial charge in [-0.15, -0.1) is 0 Å². The van der Waals surface area contributed by atoms with Crippen LogP contribution in [0.2, 0.25) is 0 Å². The van der Waals surface area contributed by atoms with Crippen molar-refractivity contribution in [1.29, 1.82) is 5.26 Å². The number of hydrogen-bond acceptors (Lipinski definition) is 6. The van der Waals surface area contributed by atoms with Crippen LogP contribution >= 0.6 is 11.8 Å². The Kier molecular flexibility index (Phi) is 6.52. The standard InChI is InChI=1S/C14H17NO4S/c1-9(16)20-6-5-13(17)14(18)12-7-11(19-2)4-3-10(12)8-15/h3-4,7,13-14,17-18H,5-6H2,1-2H3. The molecule has 20 heavy (non-hydrogen) atoms. The van der Waals surface area contributed by atoms with E-state index in [2.05, 4.69) is 0 Å². The average Bonchev–Trinajstić information content (AvgIpc) is 2.45. The number of carbonyl (C=O) groups is 1. The molecule has 0 radical (unpaired) electrons. The van der Waals surface area contributed by atoms with Crippen molar-refractivity contribution in [3.8, 4) is 11.8 Å². The molecule has 0 fully saturated rings. The Labute approximate surface area is 122 Å². The first-order valence-electron chi connectivity index (χ1n) is 6.07. The van der Waals surface area contributed by atoms with Crippen LogP contribution in [0.4, 0.5) is 0 Å². The zero-order chi connectivity index (χ0) is 15.1. The van der Waals surface area contributed by atoms with E-state index in [0.717, 1.165) is 11.8 Å². The predicted molar refractivity (Wildman–Crippen MR) is 76.4 cm³/mol. The van der Waals surface area contributed by atoms with Crippen LogP contribution < -0.4 is 4.74 Å². The zero-order valence-electron chi connectivity index (χ0n) is 11.4. The molecule has 0 saturated carbocycles. The molecule has 0 spiro atoms. The third-order valence-corrected chi connectivity index (χ3v) is 3.63. The lowest BCUT2D eigenvalue weighted by Crippen LogP contribution is -2.20. The molecule has 0 bridgehead atoms. The molecular formula is C14H17NO4S. The largest absolute Gasteiger partial charge is 0.497 e. The molecule has 5 nitrogen and oxygen atoms in total. The Balaban J connectivity index is 2.82.